The van der Waals surface area contributed by atoms with Gasteiger partial charge in [-0.2, -0.15) is 26.3 Å². The number of halogens is 6. The molecule has 130 valence electrons. The Kier molecular flexibility index (Phi) is 5.68. The monoisotopic (exact) mass is 343 g/mol. The topological polar surface area (TPSA) is 38.3 Å². The molecule has 1 aromatic rings. The summed E-state index contributed by atoms with van der Waals surface area (Å²) in [7, 11) is 0. The van der Waals surface area contributed by atoms with Crippen LogP contribution in [-0.2, 0) is 15.1 Å². The van der Waals surface area contributed by atoms with E-state index in [1.54, 1.807) is 0 Å². The maximum Gasteiger partial charge on any atom is 0.430 e. The van der Waals surface area contributed by atoms with Crippen molar-refractivity contribution in [2.24, 2.45) is 0 Å². The zero-order valence-corrected chi connectivity index (χ0v) is 12.3. The molecule has 0 unspecified atom stereocenters. The third kappa shape index (κ3) is 3.95. The van der Waals surface area contributed by atoms with Crippen molar-refractivity contribution in [2.75, 3.05) is 11.9 Å². The molecule has 0 heterocycles. The maximum atomic E-state index is 13.3. The molecule has 1 N–H and O–H groups in total. The fourth-order valence-electron chi connectivity index (χ4n) is 1.98. The average molecular weight is 343 g/mol. The van der Waals surface area contributed by atoms with Crippen molar-refractivity contribution in [1.82, 2.24) is 0 Å². The number of amides is 1. The summed E-state index contributed by atoms with van der Waals surface area (Å²) in [6.07, 6.45) is -11.4. The molecule has 1 rings (SSSR count). The van der Waals surface area contributed by atoms with E-state index < -0.39 is 36.0 Å². The van der Waals surface area contributed by atoms with E-state index in [9.17, 15) is 31.1 Å². The first kappa shape index (κ1) is 19.3. The van der Waals surface area contributed by atoms with E-state index in [1.807, 2.05) is 0 Å². The highest BCUT2D eigenvalue weighted by atomic mass is 19.4. The molecule has 0 aliphatic rings. The van der Waals surface area contributed by atoms with Crippen molar-refractivity contribution in [3.05, 3.63) is 29.8 Å². The molecule has 0 atom stereocenters. The minimum atomic E-state index is -5.70. The van der Waals surface area contributed by atoms with Crippen LogP contribution in [0.25, 0.3) is 0 Å². The predicted molar refractivity (Wildman–Crippen MR) is 70.8 cm³/mol. The molecular weight excluding hydrogens is 328 g/mol. The lowest BCUT2D eigenvalue weighted by atomic mass is 9.91. The fourth-order valence-corrected chi connectivity index (χ4v) is 1.98. The van der Waals surface area contributed by atoms with Crippen molar-refractivity contribution >= 4 is 11.6 Å². The van der Waals surface area contributed by atoms with Crippen LogP contribution in [0.1, 0.15) is 25.8 Å². The maximum absolute atomic E-state index is 13.3. The Hall–Kier alpha value is -1.77. The van der Waals surface area contributed by atoms with Crippen LogP contribution in [0.5, 0.6) is 0 Å². The van der Waals surface area contributed by atoms with E-state index in [2.05, 4.69) is 10.1 Å². The normalized spacial score (nSPS) is 13.0. The highest BCUT2D eigenvalue weighted by Gasteiger charge is 2.73. The molecule has 0 aromatic heterocycles. The molecule has 0 saturated heterocycles. The molecule has 1 amide bonds. The standard InChI is InChI=1S/C14H15F6NO2/c1-3-8-23-12(13(15,16)17,14(18,19)20)10-4-6-11(7-5-10)21-9(2)22/h4-7H,3,8H2,1-2H3,(H,21,22). The molecule has 1 aromatic carbocycles. The molecule has 0 aliphatic carbocycles. The summed E-state index contributed by atoms with van der Waals surface area (Å²) in [6, 6.07) is 3.19. The molecule has 3 nitrogen and oxygen atoms in total. The fraction of sp³-hybridized carbons (Fsp3) is 0.500. The van der Waals surface area contributed by atoms with Gasteiger partial charge >= 0.3 is 12.4 Å². The minimum absolute atomic E-state index is 0.0160. The molecule has 0 saturated carbocycles. The van der Waals surface area contributed by atoms with E-state index in [0.29, 0.717) is 12.1 Å². The second-order valence-corrected chi connectivity index (χ2v) is 4.78. The van der Waals surface area contributed by atoms with Gasteiger partial charge in [0.25, 0.3) is 5.60 Å². The molecular formula is C14H15F6NO2. The molecule has 23 heavy (non-hydrogen) atoms. The minimum Gasteiger partial charge on any atom is -0.354 e. The molecule has 0 bridgehead atoms. The van der Waals surface area contributed by atoms with Crippen molar-refractivity contribution in [1.29, 1.82) is 0 Å². The van der Waals surface area contributed by atoms with E-state index in [0.717, 1.165) is 19.1 Å². The Morgan fingerprint density at radius 2 is 1.52 bits per heavy atom. The van der Waals surface area contributed by atoms with Gasteiger partial charge in [-0.1, -0.05) is 19.1 Å². The van der Waals surface area contributed by atoms with E-state index in [-0.39, 0.29) is 12.1 Å². The molecule has 0 fully saturated rings. The first-order valence-electron chi connectivity index (χ1n) is 6.61. The number of carbonyl (C=O) groups is 1. The Morgan fingerprint density at radius 1 is 1.04 bits per heavy atom. The lowest BCUT2D eigenvalue weighted by molar-refractivity contribution is -0.389. The number of hydrogen-bond donors (Lipinski definition) is 1. The number of carbonyl (C=O) groups excluding carboxylic acids is 1. The number of ether oxygens (including phenoxy) is 1. The van der Waals surface area contributed by atoms with E-state index >= 15 is 0 Å². The third-order valence-corrected chi connectivity index (χ3v) is 2.93. The number of nitrogens with one attached hydrogen (secondary N) is 1. The quantitative estimate of drug-likeness (QED) is 0.805. The molecule has 0 radical (unpaired) electrons. The number of anilines is 1. The van der Waals surface area contributed by atoms with Crippen LogP contribution in [0.3, 0.4) is 0 Å². The average Bonchev–Trinajstić information content (AvgIpc) is 2.37. The summed E-state index contributed by atoms with van der Waals surface area (Å²) in [6.45, 7) is 1.85. The Morgan fingerprint density at radius 3 is 1.87 bits per heavy atom. The summed E-state index contributed by atoms with van der Waals surface area (Å²) in [5.41, 5.74) is -5.43. The Bertz CT molecular complexity index is 522. The van der Waals surface area contributed by atoms with Crippen LogP contribution >= 0.6 is 0 Å². The number of rotatable bonds is 5. The van der Waals surface area contributed by atoms with Crippen LogP contribution < -0.4 is 5.32 Å². The van der Waals surface area contributed by atoms with Crippen LogP contribution in [0.2, 0.25) is 0 Å². The van der Waals surface area contributed by atoms with Gasteiger partial charge in [-0.15, -0.1) is 0 Å². The predicted octanol–water partition coefficient (Wildman–Crippen LogP) is 4.39. The van der Waals surface area contributed by atoms with E-state index in [4.69, 9.17) is 0 Å². The number of benzene rings is 1. The summed E-state index contributed by atoms with van der Waals surface area (Å²) >= 11 is 0. The lowest BCUT2D eigenvalue weighted by Gasteiger charge is -2.37. The summed E-state index contributed by atoms with van der Waals surface area (Å²) in [4.78, 5) is 10.9. The van der Waals surface area contributed by atoms with E-state index in [1.165, 1.54) is 6.92 Å². The van der Waals surface area contributed by atoms with Gasteiger partial charge in [-0.25, -0.2) is 0 Å². The van der Waals surface area contributed by atoms with Crippen molar-refractivity contribution in [3.63, 3.8) is 0 Å². The van der Waals surface area contributed by atoms with Crippen LogP contribution in [0, 0.1) is 0 Å². The summed E-state index contributed by atoms with van der Waals surface area (Å²) in [5, 5.41) is 2.26. The van der Waals surface area contributed by atoms with Crippen LogP contribution in [-0.4, -0.2) is 24.9 Å². The van der Waals surface area contributed by atoms with Crippen molar-refractivity contribution in [3.8, 4) is 0 Å². The van der Waals surface area contributed by atoms with Gasteiger partial charge in [0, 0.05) is 24.8 Å². The van der Waals surface area contributed by atoms with Gasteiger partial charge in [-0.05, 0) is 18.6 Å². The molecule has 9 heteroatoms. The SMILES string of the molecule is CCCOC(c1ccc(NC(C)=O)cc1)(C(F)(F)F)C(F)(F)F. The van der Waals surface area contributed by atoms with Crippen LogP contribution in [0.4, 0.5) is 32.0 Å². The van der Waals surface area contributed by atoms with Gasteiger partial charge < -0.3 is 10.1 Å². The van der Waals surface area contributed by atoms with Gasteiger partial charge in [0.05, 0.1) is 0 Å². The molecule has 0 spiro atoms. The Balaban J connectivity index is 3.41. The van der Waals surface area contributed by atoms with Crippen molar-refractivity contribution < 1.29 is 35.9 Å². The lowest BCUT2D eigenvalue weighted by Crippen LogP contribution is -2.56. The number of hydrogen-bond acceptors (Lipinski definition) is 2. The molecule has 0 aliphatic heterocycles. The first-order chi connectivity index (χ1) is 10.5. The van der Waals surface area contributed by atoms with Crippen LogP contribution in [0.15, 0.2) is 24.3 Å². The van der Waals surface area contributed by atoms with Gasteiger partial charge in [0.15, 0.2) is 0 Å². The Labute approximate surface area is 128 Å². The number of alkyl halides is 6. The van der Waals surface area contributed by atoms with Gasteiger partial charge in [0.1, 0.15) is 0 Å². The summed E-state index contributed by atoms with van der Waals surface area (Å²) in [5.74, 6) is -0.502. The first-order valence-corrected chi connectivity index (χ1v) is 6.61. The second kappa shape index (κ2) is 6.77. The zero-order chi connectivity index (χ0) is 17.9. The highest BCUT2D eigenvalue weighted by molar-refractivity contribution is 5.88. The third-order valence-electron chi connectivity index (χ3n) is 2.93. The second-order valence-electron chi connectivity index (χ2n) is 4.78. The highest BCUT2D eigenvalue weighted by Crippen LogP contribution is 2.53. The van der Waals surface area contributed by atoms with Gasteiger partial charge in [-0.3, -0.25) is 4.79 Å². The zero-order valence-electron chi connectivity index (χ0n) is 12.3. The van der Waals surface area contributed by atoms with Crippen molar-refractivity contribution in [2.45, 2.75) is 38.2 Å². The smallest absolute Gasteiger partial charge is 0.354 e. The summed E-state index contributed by atoms with van der Waals surface area (Å²) < 4.78 is 83.9. The largest absolute Gasteiger partial charge is 0.430 e. The van der Waals surface area contributed by atoms with Gasteiger partial charge in [0.2, 0.25) is 5.91 Å².